The molecule has 2 unspecified atom stereocenters. The number of hydrogen-bond acceptors (Lipinski definition) is 2. The summed E-state index contributed by atoms with van der Waals surface area (Å²) in [7, 11) is 0. The van der Waals surface area contributed by atoms with E-state index < -0.39 is 5.60 Å². The molecule has 0 bridgehead atoms. The van der Waals surface area contributed by atoms with Crippen molar-refractivity contribution in [3.05, 3.63) is 30.1 Å². The van der Waals surface area contributed by atoms with Crippen LogP contribution < -0.4 is 10.0 Å². The van der Waals surface area contributed by atoms with Crippen LogP contribution >= 0.6 is 0 Å². The Morgan fingerprint density at radius 1 is 1.29 bits per heavy atom. The molecule has 2 atom stereocenters. The molecule has 1 saturated heterocycles. The van der Waals surface area contributed by atoms with E-state index in [1.54, 1.807) is 0 Å². The second-order valence-electron chi connectivity index (χ2n) is 6.42. The summed E-state index contributed by atoms with van der Waals surface area (Å²) in [5, 5.41) is 12.3. The third-order valence-corrected chi connectivity index (χ3v) is 4.86. The van der Waals surface area contributed by atoms with Gasteiger partial charge in [-0.2, -0.15) is 0 Å². The number of hydrogen-bond donors (Lipinski definition) is 1. The molecule has 3 heteroatoms. The molecule has 2 fully saturated rings. The molecule has 1 aliphatic heterocycles. The van der Waals surface area contributed by atoms with Gasteiger partial charge in [0.05, 0.1) is 6.54 Å². The summed E-state index contributed by atoms with van der Waals surface area (Å²) in [6.45, 7) is 1.95. The number of nitrogens with zero attached hydrogens (tertiary/aromatic N) is 1. The average Bonchev–Trinajstić information content (AvgIpc) is 2.95. The van der Waals surface area contributed by atoms with Crippen molar-refractivity contribution in [1.82, 2.24) is 4.98 Å². The topological polar surface area (TPSA) is 40.4 Å². The van der Waals surface area contributed by atoms with Crippen molar-refractivity contribution >= 4 is 0 Å². The molecule has 0 radical (unpaired) electrons. The molecule has 2 heterocycles. The van der Waals surface area contributed by atoms with E-state index in [0.29, 0.717) is 6.04 Å². The molecule has 0 aromatic carbocycles. The monoisotopic (exact) mass is 284 g/mol. The lowest BCUT2D eigenvalue weighted by Gasteiger charge is -2.32. The van der Waals surface area contributed by atoms with Crippen LogP contribution in [0.4, 0.5) is 0 Å². The van der Waals surface area contributed by atoms with Crippen molar-refractivity contribution in [1.29, 1.82) is 0 Å². The first kappa shape index (κ1) is 14.6. The van der Waals surface area contributed by atoms with Crippen LogP contribution in [0.15, 0.2) is 24.5 Å². The van der Waals surface area contributed by atoms with Crippen molar-refractivity contribution < 1.29 is 10.0 Å². The van der Waals surface area contributed by atoms with Gasteiger partial charge in [-0.15, -0.1) is 5.92 Å². The van der Waals surface area contributed by atoms with E-state index >= 15 is 0 Å². The van der Waals surface area contributed by atoms with Crippen molar-refractivity contribution in [3.63, 3.8) is 0 Å². The highest BCUT2D eigenvalue weighted by Gasteiger charge is 2.27. The highest BCUT2D eigenvalue weighted by atomic mass is 16.3. The zero-order valence-corrected chi connectivity index (χ0v) is 12.6. The highest BCUT2D eigenvalue weighted by Crippen LogP contribution is 2.25. The van der Waals surface area contributed by atoms with Gasteiger partial charge < -0.3 is 10.0 Å². The Bertz CT molecular complexity index is 511. The summed E-state index contributed by atoms with van der Waals surface area (Å²) in [6, 6.07) is 4.67. The fraction of sp³-hybridized carbons (Fsp3) is 0.611. The summed E-state index contributed by atoms with van der Waals surface area (Å²) < 4.78 is 0. The molecule has 3 rings (SSSR count). The molecular weight excluding hydrogens is 260 g/mol. The average molecular weight is 284 g/mol. The van der Waals surface area contributed by atoms with Gasteiger partial charge >= 0.3 is 0 Å². The predicted octanol–water partition coefficient (Wildman–Crippen LogP) is 0.868. The third-order valence-electron chi connectivity index (χ3n) is 4.86. The molecule has 0 spiro atoms. The Labute approximate surface area is 127 Å². The van der Waals surface area contributed by atoms with Crippen LogP contribution in [0.3, 0.4) is 0 Å². The number of nitrogens with one attached hydrogen (secondary N) is 1. The standard InChI is InChI=1S/C18H23N2O/c21-18(9-2-3-10-18)11-6-14-20-13-4-1-8-17(20)16-7-5-12-19-15-16/h5,7,12,15,17H,1-4,8-10,13-14H2/q-1/p+1. The maximum Gasteiger partial charge on any atom is 0.139 e. The van der Waals surface area contributed by atoms with Gasteiger partial charge in [-0.25, -0.2) is 0 Å². The lowest BCUT2D eigenvalue weighted by Crippen LogP contribution is -3.13. The van der Waals surface area contributed by atoms with Crippen LogP contribution in [0.2, 0.25) is 0 Å². The van der Waals surface area contributed by atoms with Gasteiger partial charge in [0.25, 0.3) is 0 Å². The van der Waals surface area contributed by atoms with Gasteiger partial charge in [-0.1, -0.05) is 31.7 Å². The van der Waals surface area contributed by atoms with E-state index in [1.807, 2.05) is 18.5 Å². The van der Waals surface area contributed by atoms with Crippen molar-refractivity contribution in [2.75, 3.05) is 13.1 Å². The first-order chi connectivity index (χ1) is 10.3. The van der Waals surface area contributed by atoms with Crippen molar-refractivity contribution in [2.45, 2.75) is 56.6 Å². The maximum absolute atomic E-state index is 12.3. The van der Waals surface area contributed by atoms with E-state index in [9.17, 15) is 5.11 Å². The van der Waals surface area contributed by atoms with Crippen LogP contribution in [0, 0.1) is 11.8 Å². The van der Waals surface area contributed by atoms with E-state index in [0.717, 1.165) is 38.8 Å². The van der Waals surface area contributed by atoms with Gasteiger partial charge in [0.1, 0.15) is 12.6 Å². The number of aromatic nitrogens is 1. The third kappa shape index (κ3) is 3.64. The van der Waals surface area contributed by atoms with E-state index in [4.69, 9.17) is 0 Å². The molecule has 3 nitrogen and oxygen atoms in total. The molecule has 1 aromatic heterocycles. The Balaban J connectivity index is 1.66. The molecular formula is C18H24N2O. The van der Waals surface area contributed by atoms with Crippen LogP contribution in [0.5, 0.6) is 0 Å². The van der Waals surface area contributed by atoms with E-state index in [2.05, 4.69) is 22.9 Å². The van der Waals surface area contributed by atoms with Gasteiger partial charge in [0.15, 0.2) is 0 Å². The van der Waals surface area contributed by atoms with E-state index in [-0.39, 0.29) is 0 Å². The molecule has 21 heavy (non-hydrogen) atoms. The largest absolute Gasteiger partial charge is 0.840 e. The fourth-order valence-electron chi connectivity index (χ4n) is 3.66. The fourth-order valence-corrected chi connectivity index (χ4v) is 3.66. The van der Waals surface area contributed by atoms with Gasteiger partial charge in [-0.05, 0) is 30.4 Å². The Kier molecular flexibility index (Phi) is 4.57. The number of pyridine rings is 1. The van der Waals surface area contributed by atoms with Crippen molar-refractivity contribution in [2.24, 2.45) is 0 Å². The van der Waals surface area contributed by atoms with Gasteiger partial charge in [-0.3, -0.25) is 4.98 Å². The van der Waals surface area contributed by atoms with Gasteiger partial charge in [0, 0.05) is 24.4 Å². The first-order valence-corrected chi connectivity index (χ1v) is 8.22. The quantitative estimate of drug-likeness (QED) is 0.819. The summed E-state index contributed by atoms with van der Waals surface area (Å²) >= 11 is 0. The molecule has 1 saturated carbocycles. The predicted molar refractivity (Wildman–Crippen MR) is 80.5 cm³/mol. The number of piperidine rings is 1. The SMILES string of the molecule is [O-]C1(C#CC[NH+]2CCCCC2c2cccnc2)CCCC1. The van der Waals surface area contributed by atoms with Crippen LogP contribution in [-0.2, 0) is 0 Å². The molecule has 1 aromatic rings. The maximum atomic E-state index is 12.3. The minimum absolute atomic E-state index is 0.493. The Morgan fingerprint density at radius 2 is 2.14 bits per heavy atom. The molecule has 1 N–H and O–H groups in total. The Hall–Kier alpha value is -1.37. The van der Waals surface area contributed by atoms with E-state index in [1.165, 1.54) is 29.7 Å². The zero-order chi connectivity index (χ0) is 14.5. The smallest absolute Gasteiger partial charge is 0.139 e. The minimum atomic E-state index is -0.945. The molecule has 2 aliphatic rings. The second kappa shape index (κ2) is 6.60. The summed E-state index contributed by atoms with van der Waals surface area (Å²) in [6.07, 6.45) is 11.1. The Morgan fingerprint density at radius 3 is 2.90 bits per heavy atom. The summed E-state index contributed by atoms with van der Waals surface area (Å²) in [5.74, 6) is 6.25. The molecule has 1 aliphatic carbocycles. The second-order valence-corrected chi connectivity index (χ2v) is 6.42. The van der Waals surface area contributed by atoms with Gasteiger partial charge in [0.2, 0.25) is 0 Å². The van der Waals surface area contributed by atoms with Crippen LogP contribution in [-0.4, -0.2) is 23.7 Å². The summed E-state index contributed by atoms with van der Waals surface area (Å²) in [5.41, 5.74) is 0.366. The van der Waals surface area contributed by atoms with Crippen LogP contribution in [0.1, 0.15) is 56.6 Å². The lowest BCUT2D eigenvalue weighted by molar-refractivity contribution is -0.930. The number of likely N-dealkylation sites (tertiary alicyclic amines) is 1. The summed E-state index contributed by atoms with van der Waals surface area (Å²) in [4.78, 5) is 5.75. The molecule has 0 amide bonds. The van der Waals surface area contributed by atoms with Crippen molar-refractivity contribution in [3.8, 4) is 11.8 Å². The number of rotatable bonds is 2. The molecule has 112 valence electrons. The highest BCUT2D eigenvalue weighted by molar-refractivity contribution is 5.15. The van der Waals surface area contributed by atoms with Crippen LogP contribution in [0.25, 0.3) is 0 Å². The zero-order valence-electron chi connectivity index (χ0n) is 12.6. The number of quaternary nitrogens is 1. The minimum Gasteiger partial charge on any atom is -0.840 e. The lowest BCUT2D eigenvalue weighted by atomic mass is 9.96. The normalized spacial score (nSPS) is 27.9. The first-order valence-electron chi connectivity index (χ1n) is 8.22.